The molecule has 0 saturated carbocycles. The Morgan fingerprint density at radius 2 is 1.68 bits per heavy atom. The number of carbonyl (C=O) groups excluding carboxylic acids is 1. The molecular formula is C31H30Cl2N2O5. The second-order valence-electron chi connectivity index (χ2n) is 9.32. The zero-order chi connectivity index (χ0) is 28.6. The number of benzene rings is 3. The summed E-state index contributed by atoms with van der Waals surface area (Å²) in [6.45, 7) is 2.86. The van der Waals surface area contributed by atoms with Crippen molar-refractivity contribution in [3.05, 3.63) is 92.8 Å². The van der Waals surface area contributed by atoms with Gasteiger partial charge in [0.1, 0.15) is 28.9 Å². The fraction of sp³-hybridized carbons (Fsp3) is 0.290. The maximum atomic E-state index is 12.8. The highest BCUT2D eigenvalue weighted by atomic mass is 35.5. The number of nitrogens with two attached hydrogens (primary N) is 1. The van der Waals surface area contributed by atoms with Crippen LogP contribution in [0.2, 0.25) is 10.0 Å². The maximum Gasteiger partial charge on any atom is 0.343 e. The Morgan fingerprint density at radius 3 is 2.33 bits per heavy atom. The van der Waals surface area contributed by atoms with E-state index in [0.29, 0.717) is 23.5 Å². The smallest absolute Gasteiger partial charge is 0.343 e. The fourth-order valence-electron chi connectivity index (χ4n) is 4.53. The van der Waals surface area contributed by atoms with Gasteiger partial charge in [-0.15, -0.1) is 0 Å². The topological polar surface area (TPSA) is 104 Å². The molecule has 9 heteroatoms. The maximum absolute atomic E-state index is 12.8. The van der Waals surface area contributed by atoms with E-state index in [1.165, 1.54) is 38.5 Å². The molecule has 3 aromatic rings. The number of unbranched alkanes of at least 4 members (excludes halogenated alkanes) is 4. The number of fused-ring (bicyclic) bond motifs is 1. The first kappa shape index (κ1) is 29.1. The summed E-state index contributed by atoms with van der Waals surface area (Å²) in [6.07, 6.45) is 5.84. The molecule has 4 rings (SSSR count). The first-order chi connectivity index (χ1) is 19.4. The molecule has 0 aliphatic carbocycles. The molecule has 7 nitrogen and oxygen atoms in total. The monoisotopic (exact) mass is 580 g/mol. The average Bonchev–Trinajstić information content (AvgIpc) is 2.94. The van der Waals surface area contributed by atoms with E-state index in [0.717, 1.165) is 24.2 Å². The Hall–Kier alpha value is -3.86. The molecule has 208 valence electrons. The lowest BCUT2D eigenvalue weighted by Gasteiger charge is -2.26. The minimum atomic E-state index is -0.666. The number of esters is 1. The first-order valence-electron chi connectivity index (χ1n) is 13.1. The van der Waals surface area contributed by atoms with Gasteiger partial charge in [0.25, 0.3) is 0 Å². The molecule has 0 radical (unpaired) electrons. The second kappa shape index (κ2) is 13.5. The van der Waals surface area contributed by atoms with Gasteiger partial charge in [-0.1, -0.05) is 74.0 Å². The van der Waals surface area contributed by atoms with Crippen molar-refractivity contribution >= 4 is 29.2 Å². The molecule has 2 N–H and O–H groups in total. The molecule has 0 aromatic heterocycles. The van der Waals surface area contributed by atoms with Gasteiger partial charge in [-0.2, -0.15) is 5.26 Å². The zero-order valence-corrected chi connectivity index (χ0v) is 23.8. The van der Waals surface area contributed by atoms with E-state index < -0.39 is 11.9 Å². The Bertz CT molecular complexity index is 1420. The number of allylic oxidation sites excluding steroid dienone is 1. The van der Waals surface area contributed by atoms with Crippen molar-refractivity contribution in [3.8, 4) is 29.1 Å². The Balaban J connectivity index is 1.52. The highest BCUT2D eigenvalue weighted by molar-refractivity contribution is 6.37. The van der Waals surface area contributed by atoms with Crippen LogP contribution in [0.1, 0.15) is 66.4 Å². The van der Waals surface area contributed by atoms with Crippen molar-refractivity contribution < 1.29 is 23.7 Å². The van der Waals surface area contributed by atoms with E-state index in [1.54, 1.807) is 18.2 Å². The summed E-state index contributed by atoms with van der Waals surface area (Å²) in [5, 5.41) is 10.2. The lowest BCUT2D eigenvalue weighted by Crippen LogP contribution is -2.21. The summed E-state index contributed by atoms with van der Waals surface area (Å²) >= 11 is 12.3. The van der Waals surface area contributed by atoms with Crippen LogP contribution in [0.5, 0.6) is 23.0 Å². The minimum absolute atomic E-state index is 0.00963. The number of halogens is 2. The van der Waals surface area contributed by atoms with E-state index in [-0.39, 0.29) is 33.0 Å². The average molecular weight is 581 g/mol. The number of nitrogens with zero attached hydrogens (tertiary/aromatic N) is 1. The van der Waals surface area contributed by atoms with Gasteiger partial charge in [-0.05, 0) is 42.3 Å². The largest absolute Gasteiger partial charge is 0.494 e. The SMILES string of the molecule is CCCCCCCOc1ccc(C2C(C#N)=C(N)Oc3cc(OC(=O)c4cc(Cl)c(OC)c(Cl)c4)ccc32)cc1. The summed E-state index contributed by atoms with van der Waals surface area (Å²) in [5.74, 6) is 0.506. The molecule has 1 aliphatic rings. The van der Waals surface area contributed by atoms with Crippen LogP contribution in [0, 0.1) is 11.3 Å². The highest BCUT2D eigenvalue weighted by Crippen LogP contribution is 2.44. The molecule has 0 amide bonds. The van der Waals surface area contributed by atoms with Crippen molar-refractivity contribution in [3.63, 3.8) is 0 Å². The van der Waals surface area contributed by atoms with Gasteiger partial charge >= 0.3 is 5.97 Å². The number of rotatable bonds is 11. The molecule has 1 aliphatic heterocycles. The predicted octanol–water partition coefficient (Wildman–Crippen LogP) is 7.79. The lowest BCUT2D eigenvalue weighted by molar-refractivity contribution is 0.0734. The fourth-order valence-corrected chi connectivity index (χ4v) is 5.17. The van der Waals surface area contributed by atoms with Gasteiger partial charge in [-0.3, -0.25) is 0 Å². The molecule has 1 unspecified atom stereocenters. The van der Waals surface area contributed by atoms with E-state index in [4.69, 9.17) is 47.9 Å². The van der Waals surface area contributed by atoms with E-state index in [9.17, 15) is 10.1 Å². The van der Waals surface area contributed by atoms with Crippen molar-refractivity contribution in [2.75, 3.05) is 13.7 Å². The van der Waals surface area contributed by atoms with Crippen LogP contribution in [0.25, 0.3) is 0 Å². The van der Waals surface area contributed by atoms with Gasteiger partial charge in [-0.25, -0.2) is 4.79 Å². The van der Waals surface area contributed by atoms with Crippen LogP contribution in [-0.2, 0) is 0 Å². The van der Waals surface area contributed by atoms with Crippen molar-refractivity contribution in [1.29, 1.82) is 5.26 Å². The van der Waals surface area contributed by atoms with E-state index in [1.807, 2.05) is 24.3 Å². The molecule has 0 saturated heterocycles. The third-order valence-corrected chi connectivity index (χ3v) is 7.13. The normalized spacial score (nSPS) is 14.1. The van der Waals surface area contributed by atoms with Gasteiger partial charge in [0, 0.05) is 11.6 Å². The summed E-state index contributed by atoms with van der Waals surface area (Å²) < 4.78 is 22.3. The summed E-state index contributed by atoms with van der Waals surface area (Å²) in [7, 11) is 1.43. The molecule has 1 heterocycles. The molecular weight excluding hydrogens is 551 g/mol. The van der Waals surface area contributed by atoms with Crippen LogP contribution in [0.4, 0.5) is 0 Å². The Morgan fingerprint density at radius 1 is 1.00 bits per heavy atom. The number of methoxy groups -OCH3 is 1. The molecule has 1 atom stereocenters. The van der Waals surface area contributed by atoms with Crippen LogP contribution < -0.4 is 24.7 Å². The van der Waals surface area contributed by atoms with Crippen molar-refractivity contribution in [1.82, 2.24) is 0 Å². The molecule has 3 aromatic carbocycles. The van der Waals surface area contributed by atoms with Gasteiger partial charge in [0.05, 0.1) is 35.2 Å². The quantitative estimate of drug-likeness (QED) is 0.140. The number of nitriles is 1. The lowest BCUT2D eigenvalue weighted by atomic mass is 9.83. The molecule has 0 bridgehead atoms. The van der Waals surface area contributed by atoms with Crippen molar-refractivity contribution in [2.24, 2.45) is 5.73 Å². The van der Waals surface area contributed by atoms with Crippen molar-refractivity contribution in [2.45, 2.75) is 44.9 Å². The number of hydrogen-bond acceptors (Lipinski definition) is 7. The molecule has 0 fully saturated rings. The molecule has 40 heavy (non-hydrogen) atoms. The van der Waals surface area contributed by atoms with Crippen LogP contribution in [0.15, 0.2) is 66.1 Å². The number of ether oxygens (including phenoxy) is 4. The third-order valence-electron chi connectivity index (χ3n) is 6.57. The number of hydrogen-bond donors (Lipinski definition) is 1. The third kappa shape index (κ3) is 6.64. The molecule has 0 spiro atoms. The standard InChI is InChI=1S/C31H30Cl2N2O5/c1-3-4-5-6-7-14-38-21-10-8-19(9-11-21)28-23-13-12-22(17-27(23)40-30(35)24(28)18-34)39-31(36)20-15-25(32)29(37-2)26(33)16-20/h8-13,15-17,28H,3-7,14,35H2,1-2H3. The summed E-state index contributed by atoms with van der Waals surface area (Å²) in [5.41, 5.74) is 8.16. The van der Waals surface area contributed by atoms with E-state index in [2.05, 4.69) is 13.0 Å². The Kier molecular flexibility index (Phi) is 9.81. The van der Waals surface area contributed by atoms with Crippen LogP contribution >= 0.6 is 23.2 Å². The van der Waals surface area contributed by atoms with Gasteiger partial charge < -0.3 is 24.7 Å². The van der Waals surface area contributed by atoms with Gasteiger partial charge in [0.15, 0.2) is 5.75 Å². The van der Waals surface area contributed by atoms with Crippen LogP contribution in [0.3, 0.4) is 0 Å². The second-order valence-corrected chi connectivity index (χ2v) is 10.1. The van der Waals surface area contributed by atoms with Crippen LogP contribution in [-0.4, -0.2) is 19.7 Å². The summed E-state index contributed by atoms with van der Waals surface area (Å²) in [4.78, 5) is 12.8. The highest BCUT2D eigenvalue weighted by Gasteiger charge is 2.31. The van der Waals surface area contributed by atoms with Gasteiger partial charge in [0.2, 0.25) is 5.88 Å². The predicted molar refractivity (Wildman–Crippen MR) is 154 cm³/mol. The van der Waals surface area contributed by atoms with E-state index >= 15 is 0 Å². The Labute approximate surface area is 244 Å². The number of carbonyl (C=O) groups is 1. The summed E-state index contributed by atoms with van der Waals surface area (Å²) in [6, 6.07) is 17.6. The minimum Gasteiger partial charge on any atom is -0.494 e. The first-order valence-corrected chi connectivity index (χ1v) is 13.8. The zero-order valence-electron chi connectivity index (χ0n) is 22.3.